The Hall–Kier alpha value is -9.92. The fourth-order valence-electron chi connectivity index (χ4n) is 9.35. The number of primary amides is 1. The lowest BCUT2D eigenvalue weighted by atomic mass is 10.0. The van der Waals surface area contributed by atoms with Crippen molar-refractivity contribution in [1.82, 2.24) is 74.4 Å². The molecule has 0 aromatic heterocycles. The molecule has 0 aliphatic rings. The second-order valence-corrected chi connectivity index (χ2v) is 26.0. The Bertz CT molecular complexity index is 3040. The molecule has 44 heteroatoms. The quantitative estimate of drug-likeness (QED) is 0.0252. The average Bonchev–Trinajstić information content (AvgIpc) is 0.867. The number of nitrogens with one attached hydrogen (secondary N) is 14. The van der Waals surface area contributed by atoms with Gasteiger partial charge < -0.3 is 128 Å². The van der Waals surface area contributed by atoms with E-state index in [4.69, 9.17) is 28.0 Å². The van der Waals surface area contributed by atoms with E-state index >= 15 is 0 Å². The molecule has 43 nitrogen and oxygen atoms in total. The first-order chi connectivity index (χ1) is 49.7. The number of rotatable bonds is 55. The topological polar surface area (TPSA) is 718 Å². The molecule has 0 bridgehead atoms. The molecule has 0 saturated heterocycles. The van der Waals surface area contributed by atoms with Crippen LogP contribution in [0.5, 0.6) is 0 Å². The van der Waals surface area contributed by atoms with E-state index in [2.05, 4.69) is 74.4 Å². The van der Waals surface area contributed by atoms with E-state index in [9.17, 15) is 117 Å². The molecule has 0 aliphatic carbocycles. The Balaban J connectivity index is 6.34. The van der Waals surface area contributed by atoms with Gasteiger partial charge in [-0.1, -0.05) is 13.8 Å². The summed E-state index contributed by atoms with van der Waals surface area (Å²) >= 11 is 1.31. The van der Waals surface area contributed by atoms with Gasteiger partial charge >= 0.3 is 23.9 Å². The van der Waals surface area contributed by atoms with E-state index in [0.717, 1.165) is 20.8 Å². The summed E-state index contributed by atoms with van der Waals surface area (Å²) in [4.78, 5) is 246. The number of amides is 15. The number of unbranched alkanes of at least 4 members (excludes halogenated alkanes) is 2. The summed E-state index contributed by atoms with van der Waals surface area (Å²) in [7, 11) is 0. The molecule has 28 N–H and O–H groups in total. The smallest absolute Gasteiger partial charge is 0.326 e. The standard InChI is InChI=1S/C62H106N18O25S/c1-29(2)24-41(78-61(103)43(28-82)80-52(94)33(6)70-56(98)37(14-17-44(66)83)76-58(100)39(20-23-106-7)75-53(95)34(65)27-81)60(102)79-42(25-48(89)90)59(101)71-31(4)50(92)74-38(15-18-46(85)86)57(99)69-30(3)49(91)73-35(12-8-10-21-63)54(96)67-26-45(84)72-36(13-9-11-22-64)55(97)68-32(5)51(93)77-40(62(104)105)16-19-47(87)88/h29-43,81-82H,8-28,63-65H2,1-7H3,(H2,66,83)(H,67,96)(H,68,97)(H,69,99)(H,70,98)(H,71,101)(H,72,84)(H,73,91)(H,74,92)(H,75,95)(H,76,100)(H,77,93)(H,78,103)(H,79,102)(H,80,94)(H,85,86)(H,87,88)(H,89,90)(H,104,105)/t30-,31-,32-,33-,34-,35-,36-,37-,38-,39-,40-,41-,42-,43-/m0/s1. The highest BCUT2D eigenvalue weighted by molar-refractivity contribution is 7.98. The van der Waals surface area contributed by atoms with E-state index in [-0.39, 0.29) is 51.6 Å². The van der Waals surface area contributed by atoms with E-state index in [1.54, 1.807) is 20.1 Å². The number of hydrogen-bond donors (Lipinski definition) is 24. The van der Waals surface area contributed by atoms with Crippen LogP contribution in [0.4, 0.5) is 0 Å². The molecular formula is C62H106N18O25S. The maximum absolute atomic E-state index is 13.9. The zero-order valence-electron chi connectivity index (χ0n) is 60.2. The zero-order valence-corrected chi connectivity index (χ0v) is 61.0. The fourth-order valence-corrected chi connectivity index (χ4v) is 9.82. The number of hydrogen-bond acceptors (Lipinski definition) is 25. The molecular weight excluding hydrogens is 1430 g/mol. The molecule has 14 atom stereocenters. The van der Waals surface area contributed by atoms with Gasteiger partial charge in [-0.2, -0.15) is 11.8 Å². The maximum atomic E-state index is 13.9. The predicted molar refractivity (Wildman–Crippen MR) is 373 cm³/mol. The van der Waals surface area contributed by atoms with Crippen LogP contribution in [0.15, 0.2) is 0 Å². The summed E-state index contributed by atoms with van der Waals surface area (Å²) in [5.41, 5.74) is 22.1. The van der Waals surface area contributed by atoms with Crippen molar-refractivity contribution in [3.63, 3.8) is 0 Å². The highest BCUT2D eigenvalue weighted by Gasteiger charge is 2.37. The van der Waals surface area contributed by atoms with Gasteiger partial charge in [-0.15, -0.1) is 0 Å². The van der Waals surface area contributed by atoms with Crippen molar-refractivity contribution >= 4 is 124 Å². The minimum absolute atomic E-state index is 0.0239. The Morgan fingerprint density at radius 1 is 0.358 bits per heavy atom. The SMILES string of the molecule is CSCC[C@H](NC(=O)[C@@H](N)CO)C(=O)N[C@@H](CCC(N)=O)C(=O)N[C@@H](C)C(=O)N[C@@H](CO)C(=O)N[C@@H](CC(C)C)C(=O)N[C@@H](CC(=O)O)C(=O)N[C@@H](C)C(=O)N[C@@H](CCC(=O)O)C(=O)N[C@@H](C)C(=O)N[C@@H](CCCCN)C(=O)NCC(=O)N[C@@H](CCCCN)C(=O)N[C@@H](C)C(=O)N[C@@H](CCC(=O)O)C(=O)O. The van der Waals surface area contributed by atoms with E-state index in [1.165, 1.54) is 18.7 Å². The molecule has 0 radical (unpaired) electrons. The van der Waals surface area contributed by atoms with E-state index in [1.807, 2.05) is 0 Å². The molecule has 0 saturated carbocycles. The second kappa shape index (κ2) is 51.3. The van der Waals surface area contributed by atoms with E-state index in [0.29, 0.717) is 18.6 Å². The van der Waals surface area contributed by atoms with Crippen LogP contribution in [0.2, 0.25) is 0 Å². The van der Waals surface area contributed by atoms with Crippen molar-refractivity contribution in [2.45, 2.75) is 222 Å². The van der Waals surface area contributed by atoms with Gasteiger partial charge in [0.05, 0.1) is 26.2 Å². The third-order valence-electron chi connectivity index (χ3n) is 15.4. The van der Waals surface area contributed by atoms with Gasteiger partial charge in [0.15, 0.2) is 0 Å². The van der Waals surface area contributed by atoms with Crippen LogP contribution in [0.1, 0.15) is 138 Å². The van der Waals surface area contributed by atoms with Crippen LogP contribution in [-0.2, 0) is 91.1 Å². The predicted octanol–water partition coefficient (Wildman–Crippen LogP) is -9.59. The monoisotopic (exact) mass is 1530 g/mol. The molecule has 15 amide bonds. The van der Waals surface area contributed by atoms with Gasteiger partial charge in [0.1, 0.15) is 84.6 Å². The third kappa shape index (κ3) is 39.3. The molecule has 0 fully saturated rings. The molecule has 0 aromatic rings. The summed E-state index contributed by atoms with van der Waals surface area (Å²) in [6, 6.07) is -22.1. The van der Waals surface area contributed by atoms with Crippen molar-refractivity contribution in [2.24, 2.45) is 28.9 Å². The molecule has 0 heterocycles. The number of nitrogens with two attached hydrogens (primary N) is 4. The second-order valence-electron chi connectivity index (χ2n) is 25.0. The molecule has 0 spiro atoms. The first-order valence-corrected chi connectivity index (χ1v) is 35.3. The number of carboxylic acids is 4. The molecule has 0 aliphatic heterocycles. The molecule has 106 heavy (non-hydrogen) atoms. The van der Waals surface area contributed by atoms with Crippen molar-refractivity contribution in [2.75, 3.05) is 44.9 Å². The Morgan fingerprint density at radius 3 is 1.09 bits per heavy atom. The molecule has 0 aromatic carbocycles. The summed E-state index contributed by atoms with van der Waals surface area (Å²) in [5.74, 6) is -21.7. The molecule has 0 rings (SSSR count). The number of aliphatic hydroxyl groups excluding tert-OH is 2. The fraction of sp³-hybridized carbons (Fsp3) is 0.694. The van der Waals surface area contributed by atoms with Crippen LogP contribution >= 0.6 is 11.8 Å². The number of carbonyl (C=O) groups excluding carboxylic acids is 15. The lowest BCUT2D eigenvalue weighted by Crippen LogP contribution is -2.61. The van der Waals surface area contributed by atoms with Gasteiger partial charge in [0, 0.05) is 19.3 Å². The molecule has 0 unspecified atom stereocenters. The molecule has 600 valence electrons. The van der Waals surface area contributed by atoms with Gasteiger partial charge in [-0.25, -0.2) is 4.79 Å². The lowest BCUT2D eigenvalue weighted by molar-refractivity contribution is -0.143. The van der Waals surface area contributed by atoms with Gasteiger partial charge in [0.2, 0.25) is 88.6 Å². The first kappa shape index (κ1) is 96.1. The van der Waals surface area contributed by atoms with Gasteiger partial charge in [0.25, 0.3) is 0 Å². The van der Waals surface area contributed by atoms with Crippen LogP contribution in [0.3, 0.4) is 0 Å². The summed E-state index contributed by atoms with van der Waals surface area (Å²) in [6.45, 7) is 5.44. The lowest BCUT2D eigenvalue weighted by Gasteiger charge is -2.27. The Labute approximate surface area is 614 Å². The Kier molecular flexibility index (Phi) is 46.5. The van der Waals surface area contributed by atoms with Crippen molar-refractivity contribution in [3.05, 3.63) is 0 Å². The number of aliphatic carboxylic acids is 4. The first-order valence-electron chi connectivity index (χ1n) is 33.9. The van der Waals surface area contributed by atoms with E-state index < -0.39 is 268 Å². The summed E-state index contributed by atoms with van der Waals surface area (Å²) in [5, 5.41) is 89.4. The average molecular weight is 1540 g/mol. The number of thioether (sulfide) groups is 1. The Morgan fingerprint density at radius 2 is 0.698 bits per heavy atom. The largest absolute Gasteiger partial charge is 0.481 e. The summed E-state index contributed by atoms with van der Waals surface area (Å²) < 4.78 is 0. The highest BCUT2D eigenvalue weighted by atomic mass is 32.2. The third-order valence-corrected chi connectivity index (χ3v) is 16.1. The minimum atomic E-state index is -2.01. The van der Waals surface area contributed by atoms with Gasteiger partial charge in [-0.05, 0) is 129 Å². The van der Waals surface area contributed by atoms with Crippen LogP contribution in [-0.4, -0.2) is 273 Å². The van der Waals surface area contributed by atoms with Crippen LogP contribution < -0.4 is 97.4 Å². The zero-order chi connectivity index (χ0) is 81.1. The normalized spacial score (nSPS) is 15.0. The number of carbonyl (C=O) groups is 19. The van der Waals surface area contributed by atoms with Crippen molar-refractivity contribution < 1.29 is 122 Å². The maximum Gasteiger partial charge on any atom is 0.326 e. The number of aliphatic hydroxyl groups is 2. The minimum Gasteiger partial charge on any atom is -0.481 e. The summed E-state index contributed by atoms with van der Waals surface area (Å²) in [6.07, 6.45) is -1.77. The van der Waals surface area contributed by atoms with Gasteiger partial charge in [-0.3, -0.25) is 86.3 Å². The van der Waals surface area contributed by atoms with Crippen molar-refractivity contribution in [3.8, 4) is 0 Å². The van der Waals surface area contributed by atoms with Crippen molar-refractivity contribution in [1.29, 1.82) is 0 Å². The van der Waals surface area contributed by atoms with Crippen LogP contribution in [0, 0.1) is 5.92 Å². The van der Waals surface area contributed by atoms with Crippen LogP contribution in [0.25, 0.3) is 0 Å². The number of carboxylic acid groups (broad SMARTS) is 4. The highest BCUT2D eigenvalue weighted by Crippen LogP contribution is 2.11.